The number of nitrogens with one attached hydrogen (secondary N) is 1. The molecule has 1 aliphatic heterocycles. The molecule has 1 heterocycles. The van der Waals surface area contributed by atoms with Crippen LogP contribution < -0.4 is 5.32 Å². The molecule has 0 aromatic carbocycles. The van der Waals surface area contributed by atoms with Crippen LogP contribution in [0.1, 0.15) is 46.0 Å². The molecule has 4 bridgehead atoms. The first-order valence-electron chi connectivity index (χ1n) is 10.3. The zero-order valence-corrected chi connectivity index (χ0v) is 15.7. The molecule has 5 heteroatoms. The predicted molar refractivity (Wildman–Crippen MR) is 96.8 cm³/mol. The van der Waals surface area contributed by atoms with Crippen LogP contribution in [0.2, 0.25) is 0 Å². The topological polar surface area (TPSA) is 52.7 Å². The third-order valence-corrected chi connectivity index (χ3v) is 7.01. The summed E-state index contributed by atoms with van der Waals surface area (Å²) in [6, 6.07) is 0.187. The van der Waals surface area contributed by atoms with Crippen molar-refractivity contribution < 1.29 is 9.59 Å². The van der Waals surface area contributed by atoms with Gasteiger partial charge in [-0.05, 0) is 69.6 Å². The van der Waals surface area contributed by atoms with Crippen LogP contribution in [0.5, 0.6) is 0 Å². The molecule has 5 nitrogen and oxygen atoms in total. The Morgan fingerprint density at radius 1 is 0.920 bits per heavy atom. The highest BCUT2D eigenvalue weighted by Crippen LogP contribution is 2.56. The molecule has 4 aliphatic carbocycles. The van der Waals surface area contributed by atoms with E-state index in [9.17, 15) is 9.59 Å². The van der Waals surface area contributed by atoms with E-state index in [1.54, 1.807) is 0 Å². The maximum absolute atomic E-state index is 13.2. The van der Waals surface area contributed by atoms with E-state index in [-0.39, 0.29) is 11.9 Å². The van der Waals surface area contributed by atoms with E-state index in [4.69, 9.17) is 0 Å². The van der Waals surface area contributed by atoms with Crippen LogP contribution in [-0.2, 0) is 9.59 Å². The largest absolute Gasteiger partial charge is 0.353 e. The Bertz CT molecular complexity index is 497. The summed E-state index contributed by atoms with van der Waals surface area (Å²) in [7, 11) is 0. The Kier molecular flexibility index (Phi) is 4.78. The Morgan fingerprint density at radius 2 is 1.48 bits per heavy atom. The van der Waals surface area contributed by atoms with Crippen LogP contribution in [0.3, 0.4) is 0 Å². The smallest absolute Gasteiger partial charge is 0.234 e. The summed E-state index contributed by atoms with van der Waals surface area (Å²) in [4.78, 5) is 29.4. The van der Waals surface area contributed by atoms with Crippen molar-refractivity contribution in [1.82, 2.24) is 15.1 Å². The summed E-state index contributed by atoms with van der Waals surface area (Å²) < 4.78 is 0. The van der Waals surface area contributed by atoms with Crippen molar-refractivity contribution in [2.24, 2.45) is 29.6 Å². The monoisotopic (exact) mass is 347 g/mol. The number of hydrogen-bond donors (Lipinski definition) is 1. The van der Waals surface area contributed by atoms with Crippen LogP contribution in [0.15, 0.2) is 0 Å². The molecule has 0 radical (unpaired) electrons. The van der Waals surface area contributed by atoms with Crippen LogP contribution in [-0.4, -0.2) is 60.4 Å². The van der Waals surface area contributed by atoms with Crippen molar-refractivity contribution in [2.75, 3.05) is 32.7 Å². The molecule has 5 rings (SSSR count). The molecule has 1 N–H and O–H groups in total. The summed E-state index contributed by atoms with van der Waals surface area (Å²) >= 11 is 0. The van der Waals surface area contributed by atoms with E-state index in [1.807, 2.05) is 13.8 Å². The Hall–Kier alpha value is -1.10. The SMILES string of the molecule is CC(C)NC(=O)CN1CCN(C(=O)C2C3CC4CC(C3)CC2C4)CC1. The number of rotatable bonds is 4. The maximum atomic E-state index is 13.2. The van der Waals surface area contributed by atoms with Gasteiger partial charge >= 0.3 is 0 Å². The van der Waals surface area contributed by atoms with Crippen molar-refractivity contribution in [3.63, 3.8) is 0 Å². The van der Waals surface area contributed by atoms with Gasteiger partial charge in [0.25, 0.3) is 0 Å². The molecule has 0 aromatic heterocycles. The molecule has 140 valence electrons. The van der Waals surface area contributed by atoms with Gasteiger partial charge in [0.2, 0.25) is 11.8 Å². The quantitative estimate of drug-likeness (QED) is 0.843. The fraction of sp³-hybridized carbons (Fsp3) is 0.900. The molecule has 2 amide bonds. The van der Waals surface area contributed by atoms with E-state index < -0.39 is 0 Å². The third-order valence-electron chi connectivity index (χ3n) is 7.01. The summed E-state index contributed by atoms with van der Waals surface area (Å²) in [6.45, 7) is 7.65. The minimum absolute atomic E-state index is 0.0933. The molecule has 5 aliphatic rings. The second-order valence-electron chi connectivity index (χ2n) is 9.28. The van der Waals surface area contributed by atoms with Gasteiger partial charge in [-0.2, -0.15) is 0 Å². The standard InChI is InChI=1S/C20H33N3O2/c1-13(2)21-18(24)12-22-3-5-23(6-4-22)20(25)19-16-8-14-7-15(10-16)11-17(19)9-14/h13-17,19H,3-12H2,1-2H3,(H,21,24). The van der Waals surface area contributed by atoms with Gasteiger partial charge in [0.05, 0.1) is 6.54 Å². The average molecular weight is 348 g/mol. The van der Waals surface area contributed by atoms with Crippen molar-refractivity contribution in [3.8, 4) is 0 Å². The normalized spacial score (nSPS) is 37.6. The third kappa shape index (κ3) is 3.57. The highest BCUT2D eigenvalue weighted by Gasteiger charge is 2.51. The van der Waals surface area contributed by atoms with E-state index >= 15 is 0 Å². The van der Waals surface area contributed by atoms with Gasteiger partial charge in [0.15, 0.2) is 0 Å². The van der Waals surface area contributed by atoms with Gasteiger partial charge in [0, 0.05) is 38.1 Å². The fourth-order valence-electron chi connectivity index (χ4n) is 6.24. The fourth-order valence-corrected chi connectivity index (χ4v) is 6.24. The minimum Gasteiger partial charge on any atom is -0.353 e. The van der Waals surface area contributed by atoms with Crippen LogP contribution >= 0.6 is 0 Å². The van der Waals surface area contributed by atoms with Crippen molar-refractivity contribution >= 4 is 11.8 Å². The summed E-state index contributed by atoms with van der Waals surface area (Å²) in [5.41, 5.74) is 0. The highest BCUT2D eigenvalue weighted by atomic mass is 16.2. The lowest BCUT2D eigenvalue weighted by molar-refractivity contribution is -0.150. The molecule has 0 aromatic rings. The van der Waals surface area contributed by atoms with Crippen molar-refractivity contribution in [3.05, 3.63) is 0 Å². The molecule has 5 fully saturated rings. The molecule has 0 spiro atoms. The first kappa shape index (κ1) is 17.3. The van der Waals surface area contributed by atoms with Gasteiger partial charge in [0.1, 0.15) is 0 Å². The van der Waals surface area contributed by atoms with Crippen LogP contribution in [0.4, 0.5) is 0 Å². The lowest BCUT2D eigenvalue weighted by Crippen LogP contribution is -2.56. The van der Waals surface area contributed by atoms with Gasteiger partial charge in [-0.1, -0.05) is 0 Å². The summed E-state index contributed by atoms with van der Waals surface area (Å²) in [5, 5.41) is 2.95. The second-order valence-corrected chi connectivity index (χ2v) is 9.28. The highest BCUT2D eigenvalue weighted by molar-refractivity contribution is 5.80. The first-order chi connectivity index (χ1) is 12.0. The number of hydrogen-bond acceptors (Lipinski definition) is 3. The van der Waals surface area contributed by atoms with E-state index in [2.05, 4.69) is 15.1 Å². The average Bonchev–Trinajstić information content (AvgIpc) is 2.53. The summed E-state index contributed by atoms with van der Waals surface area (Å²) in [5.74, 6) is 4.00. The maximum Gasteiger partial charge on any atom is 0.234 e. The van der Waals surface area contributed by atoms with Crippen LogP contribution in [0.25, 0.3) is 0 Å². The molecule has 1 saturated heterocycles. The number of piperazine rings is 1. The Morgan fingerprint density at radius 3 is 2.00 bits per heavy atom. The minimum atomic E-state index is 0.0933. The second kappa shape index (κ2) is 6.90. The molecule has 25 heavy (non-hydrogen) atoms. The number of nitrogens with zero attached hydrogens (tertiary/aromatic N) is 2. The molecule has 0 atom stereocenters. The molecular formula is C20H33N3O2. The first-order valence-corrected chi connectivity index (χ1v) is 10.3. The number of amides is 2. The van der Waals surface area contributed by atoms with Gasteiger partial charge < -0.3 is 10.2 Å². The van der Waals surface area contributed by atoms with E-state index in [0.29, 0.717) is 30.2 Å². The number of carbonyl (C=O) groups excluding carboxylic acids is 2. The lowest BCUT2D eigenvalue weighted by atomic mass is 9.51. The van der Waals surface area contributed by atoms with Gasteiger partial charge in [-0.25, -0.2) is 0 Å². The Labute approximate surface area is 151 Å². The van der Waals surface area contributed by atoms with Crippen LogP contribution in [0, 0.1) is 29.6 Å². The zero-order chi connectivity index (χ0) is 17.6. The zero-order valence-electron chi connectivity index (χ0n) is 15.7. The van der Waals surface area contributed by atoms with E-state index in [1.165, 1.54) is 32.1 Å². The van der Waals surface area contributed by atoms with E-state index in [0.717, 1.165) is 38.0 Å². The summed E-state index contributed by atoms with van der Waals surface area (Å²) in [6.07, 6.45) is 6.65. The van der Waals surface area contributed by atoms with Gasteiger partial charge in [-0.15, -0.1) is 0 Å². The predicted octanol–water partition coefficient (Wildman–Crippen LogP) is 1.73. The lowest BCUT2D eigenvalue weighted by Gasteiger charge is -2.54. The van der Waals surface area contributed by atoms with Crippen molar-refractivity contribution in [1.29, 1.82) is 0 Å². The molecule has 4 saturated carbocycles. The number of carbonyl (C=O) groups is 2. The van der Waals surface area contributed by atoms with Gasteiger partial charge in [-0.3, -0.25) is 14.5 Å². The van der Waals surface area contributed by atoms with Crippen molar-refractivity contribution in [2.45, 2.75) is 52.0 Å². The Balaban J connectivity index is 1.29. The molecule has 0 unspecified atom stereocenters. The molecular weight excluding hydrogens is 314 g/mol.